The third-order valence-electron chi connectivity index (χ3n) is 5.27. The fraction of sp³-hybridized carbons (Fsp3) is 0.318. The highest BCUT2D eigenvalue weighted by Crippen LogP contribution is 2.23. The highest BCUT2D eigenvalue weighted by atomic mass is 16.5. The largest absolute Gasteiger partial charge is 0.391 e. The van der Waals surface area contributed by atoms with Gasteiger partial charge in [-0.15, -0.1) is 0 Å². The van der Waals surface area contributed by atoms with Crippen molar-refractivity contribution >= 4 is 23.4 Å². The summed E-state index contributed by atoms with van der Waals surface area (Å²) < 4.78 is 5.14. The topological polar surface area (TPSA) is 87.2 Å². The predicted molar refractivity (Wildman–Crippen MR) is 106 cm³/mol. The van der Waals surface area contributed by atoms with Crippen molar-refractivity contribution < 1.29 is 24.2 Å². The van der Waals surface area contributed by atoms with Gasteiger partial charge < -0.3 is 14.7 Å². The number of β-amino-alcohol motifs (C(OH)–C–C–N with tert-alkyl or cyclic N) is 1. The molecule has 7 heteroatoms. The second kappa shape index (κ2) is 8.14. The van der Waals surface area contributed by atoms with Crippen LogP contribution < -0.4 is 4.90 Å². The number of hydrogen-bond donors (Lipinski definition) is 1. The van der Waals surface area contributed by atoms with E-state index in [0.717, 1.165) is 16.2 Å². The summed E-state index contributed by atoms with van der Waals surface area (Å²) in [7, 11) is 0. The lowest BCUT2D eigenvalue weighted by molar-refractivity contribution is -0.125. The van der Waals surface area contributed by atoms with Gasteiger partial charge >= 0.3 is 0 Å². The smallest absolute Gasteiger partial charge is 0.261 e. The molecule has 7 nitrogen and oxygen atoms in total. The number of benzene rings is 2. The minimum absolute atomic E-state index is 0.0211. The molecular formula is C22H22N2O5. The van der Waals surface area contributed by atoms with Gasteiger partial charge in [0.2, 0.25) is 0 Å². The molecule has 0 unspecified atom stereocenters. The highest BCUT2D eigenvalue weighted by Gasteiger charge is 2.35. The maximum atomic E-state index is 12.4. The van der Waals surface area contributed by atoms with Gasteiger partial charge in [0.05, 0.1) is 30.4 Å². The van der Waals surface area contributed by atoms with Gasteiger partial charge in [-0.2, -0.15) is 0 Å². The minimum atomic E-state index is -0.808. The van der Waals surface area contributed by atoms with Crippen LogP contribution in [-0.2, 0) is 16.0 Å². The first kappa shape index (κ1) is 19.3. The van der Waals surface area contributed by atoms with Crippen LogP contribution in [0.3, 0.4) is 0 Å². The molecule has 0 bridgehead atoms. The van der Waals surface area contributed by atoms with Crippen molar-refractivity contribution in [3.8, 4) is 0 Å². The molecule has 0 aliphatic carbocycles. The number of aliphatic hydroxyl groups excluding tert-OH is 1. The first-order valence-electron chi connectivity index (χ1n) is 9.65. The molecule has 2 aromatic rings. The van der Waals surface area contributed by atoms with Gasteiger partial charge in [0.15, 0.2) is 0 Å². The molecule has 2 aliphatic rings. The van der Waals surface area contributed by atoms with E-state index in [2.05, 4.69) is 0 Å². The van der Waals surface area contributed by atoms with Gasteiger partial charge in [-0.05, 0) is 42.7 Å². The van der Waals surface area contributed by atoms with Crippen molar-refractivity contribution in [1.82, 2.24) is 4.90 Å². The van der Waals surface area contributed by atoms with Crippen LogP contribution in [0, 0.1) is 0 Å². The third-order valence-corrected chi connectivity index (χ3v) is 5.27. The Morgan fingerprint density at radius 2 is 1.62 bits per heavy atom. The number of carbonyl (C=O) groups excluding carboxylic acids is 3. The number of rotatable bonds is 6. The number of aliphatic hydroxyl groups is 1. The zero-order chi connectivity index (χ0) is 20.4. The Morgan fingerprint density at radius 1 is 0.966 bits per heavy atom. The molecule has 0 spiro atoms. The molecule has 2 heterocycles. The Bertz CT molecular complexity index is 905. The zero-order valence-corrected chi connectivity index (χ0v) is 15.9. The number of carbonyl (C=O) groups is 3. The van der Waals surface area contributed by atoms with Gasteiger partial charge in [0.25, 0.3) is 17.7 Å². The first-order chi connectivity index (χ1) is 14.0. The number of anilines is 1. The van der Waals surface area contributed by atoms with Crippen molar-refractivity contribution in [3.05, 3.63) is 65.2 Å². The van der Waals surface area contributed by atoms with Crippen LogP contribution in [0.1, 0.15) is 32.7 Å². The van der Waals surface area contributed by atoms with E-state index in [1.54, 1.807) is 29.2 Å². The molecule has 2 aliphatic heterocycles. The molecule has 1 atom stereocenters. The number of ether oxygens (including phenoxy) is 1. The lowest BCUT2D eigenvalue weighted by atomic mass is 10.1. The lowest BCUT2D eigenvalue weighted by Gasteiger charge is -2.27. The summed E-state index contributed by atoms with van der Waals surface area (Å²) in [6, 6.07) is 14.3. The van der Waals surface area contributed by atoms with Crippen LogP contribution >= 0.6 is 0 Å². The summed E-state index contributed by atoms with van der Waals surface area (Å²) in [5, 5.41) is 10.4. The second-order valence-electron chi connectivity index (χ2n) is 7.22. The molecule has 0 radical (unpaired) electrons. The Labute approximate surface area is 168 Å². The molecule has 3 amide bonds. The Hall–Kier alpha value is -3.03. The molecule has 29 heavy (non-hydrogen) atoms. The minimum Gasteiger partial charge on any atom is -0.391 e. The summed E-state index contributed by atoms with van der Waals surface area (Å²) in [6.45, 7) is 1.15. The first-order valence-corrected chi connectivity index (χ1v) is 9.65. The number of imide groups is 1. The second-order valence-corrected chi connectivity index (χ2v) is 7.22. The Morgan fingerprint density at radius 3 is 2.24 bits per heavy atom. The van der Waals surface area contributed by atoms with E-state index in [-0.39, 0.29) is 30.9 Å². The van der Waals surface area contributed by atoms with Gasteiger partial charge in [0.1, 0.15) is 6.61 Å². The van der Waals surface area contributed by atoms with Crippen molar-refractivity contribution in [1.29, 1.82) is 0 Å². The van der Waals surface area contributed by atoms with E-state index < -0.39 is 6.10 Å². The van der Waals surface area contributed by atoms with Crippen molar-refractivity contribution in [2.75, 3.05) is 31.2 Å². The molecule has 0 saturated carbocycles. The van der Waals surface area contributed by atoms with Crippen molar-refractivity contribution in [2.45, 2.75) is 18.9 Å². The quantitative estimate of drug-likeness (QED) is 0.753. The van der Waals surface area contributed by atoms with E-state index >= 15 is 0 Å². The Balaban J connectivity index is 1.32. The molecule has 1 N–H and O–H groups in total. The summed E-state index contributed by atoms with van der Waals surface area (Å²) in [5.41, 5.74) is 2.61. The van der Waals surface area contributed by atoms with Crippen LogP contribution in [0.25, 0.3) is 0 Å². The number of fused-ring (bicyclic) bond motifs is 1. The summed E-state index contributed by atoms with van der Waals surface area (Å²) in [6.07, 6.45) is 0.211. The van der Waals surface area contributed by atoms with Gasteiger partial charge in [0, 0.05) is 12.2 Å². The molecule has 1 saturated heterocycles. The van der Waals surface area contributed by atoms with E-state index in [1.165, 1.54) is 0 Å². The average Bonchev–Trinajstić information content (AvgIpc) is 2.98. The van der Waals surface area contributed by atoms with Gasteiger partial charge in [-0.3, -0.25) is 19.3 Å². The van der Waals surface area contributed by atoms with Crippen molar-refractivity contribution in [2.24, 2.45) is 0 Å². The number of hydrogen-bond acceptors (Lipinski definition) is 5. The van der Waals surface area contributed by atoms with Gasteiger partial charge in [-0.1, -0.05) is 24.3 Å². The SMILES string of the molecule is O=C1c2ccccc2C(=O)N1C[C@H](O)CCc1ccc(N2CCOCC2=O)cc1. The monoisotopic (exact) mass is 394 g/mol. The standard InChI is InChI=1S/C22H22N2O5/c25-17(13-24-21(27)18-3-1-2-4-19(18)22(24)28)10-7-15-5-8-16(9-6-15)23-11-12-29-14-20(23)26/h1-6,8-9,17,25H,7,10-14H2/t17-/m1/s1. The van der Waals surface area contributed by atoms with Crippen LogP contribution in [0.4, 0.5) is 5.69 Å². The van der Waals surface area contributed by atoms with E-state index in [4.69, 9.17) is 4.74 Å². The molecule has 0 aromatic heterocycles. The van der Waals surface area contributed by atoms with E-state index in [9.17, 15) is 19.5 Å². The fourth-order valence-electron chi connectivity index (χ4n) is 3.67. The molecular weight excluding hydrogens is 372 g/mol. The number of nitrogens with zero attached hydrogens (tertiary/aromatic N) is 2. The summed E-state index contributed by atoms with van der Waals surface area (Å²) >= 11 is 0. The van der Waals surface area contributed by atoms with Crippen LogP contribution in [0.5, 0.6) is 0 Å². The maximum Gasteiger partial charge on any atom is 0.261 e. The normalized spacial score (nSPS) is 17.6. The summed E-state index contributed by atoms with van der Waals surface area (Å²) in [4.78, 5) is 39.5. The number of aryl methyl sites for hydroxylation is 1. The number of amides is 3. The number of morpholine rings is 1. The molecule has 2 aromatic carbocycles. The zero-order valence-electron chi connectivity index (χ0n) is 15.9. The van der Waals surface area contributed by atoms with Crippen LogP contribution in [0.15, 0.2) is 48.5 Å². The van der Waals surface area contributed by atoms with Crippen LogP contribution in [-0.4, -0.2) is 60.1 Å². The predicted octanol–water partition coefficient (Wildman–Crippen LogP) is 1.64. The maximum absolute atomic E-state index is 12.4. The van der Waals surface area contributed by atoms with Gasteiger partial charge in [-0.25, -0.2) is 0 Å². The lowest BCUT2D eigenvalue weighted by Crippen LogP contribution is -2.41. The van der Waals surface area contributed by atoms with Crippen LogP contribution in [0.2, 0.25) is 0 Å². The fourth-order valence-corrected chi connectivity index (χ4v) is 3.67. The molecule has 1 fully saturated rings. The van der Waals surface area contributed by atoms with E-state index in [1.807, 2.05) is 24.3 Å². The highest BCUT2D eigenvalue weighted by molar-refractivity contribution is 6.21. The van der Waals surface area contributed by atoms with Crippen molar-refractivity contribution in [3.63, 3.8) is 0 Å². The summed E-state index contributed by atoms with van der Waals surface area (Å²) in [5.74, 6) is -0.770. The Kier molecular flexibility index (Phi) is 5.42. The third kappa shape index (κ3) is 3.92. The molecule has 150 valence electrons. The molecule has 4 rings (SSSR count). The average molecular weight is 394 g/mol. The van der Waals surface area contributed by atoms with E-state index in [0.29, 0.717) is 37.1 Å².